The van der Waals surface area contributed by atoms with Gasteiger partial charge in [-0.05, 0) is 48.2 Å². The van der Waals surface area contributed by atoms with E-state index in [1.165, 1.54) is 24.3 Å². The van der Waals surface area contributed by atoms with Gasteiger partial charge >= 0.3 is 12.4 Å². The zero-order valence-corrected chi connectivity index (χ0v) is 21.4. The fourth-order valence-electron chi connectivity index (χ4n) is 5.55. The van der Waals surface area contributed by atoms with Crippen LogP contribution in [0.1, 0.15) is 35.1 Å². The molecule has 40 heavy (non-hydrogen) atoms. The summed E-state index contributed by atoms with van der Waals surface area (Å²) in [5, 5.41) is 54.0. The molecule has 0 saturated carbocycles. The summed E-state index contributed by atoms with van der Waals surface area (Å²) >= 11 is 0. The Morgan fingerprint density at radius 1 is 0.725 bits per heavy atom. The van der Waals surface area contributed by atoms with Gasteiger partial charge in [0.05, 0.1) is 29.4 Å². The summed E-state index contributed by atoms with van der Waals surface area (Å²) in [4.78, 5) is 3.33. The van der Waals surface area contributed by atoms with Gasteiger partial charge < -0.3 is 25.5 Å². The zero-order valence-electron chi connectivity index (χ0n) is 21.4. The van der Waals surface area contributed by atoms with Crippen LogP contribution in [0, 0.1) is 0 Å². The normalized spacial score (nSPS) is 29.9. The molecule has 0 aliphatic carbocycles. The second-order valence-corrected chi connectivity index (χ2v) is 10.7. The summed E-state index contributed by atoms with van der Waals surface area (Å²) in [5.41, 5.74) is -5.77. The average molecular weight is 579 g/mol. The van der Waals surface area contributed by atoms with Crippen molar-refractivity contribution in [2.45, 2.75) is 54.7 Å². The molecule has 2 fully saturated rings. The summed E-state index contributed by atoms with van der Waals surface area (Å²) < 4.78 is 78.7. The molecular formula is C27H32F6N2O5. The highest BCUT2D eigenvalue weighted by Crippen LogP contribution is 2.38. The monoisotopic (exact) mass is 578 g/mol. The predicted octanol–water partition coefficient (Wildman–Crippen LogP) is 2.29. The van der Waals surface area contributed by atoms with Crippen molar-refractivity contribution in [3.8, 4) is 0 Å². The van der Waals surface area contributed by atoms with E-state index >= 15 is 0 Å². The van der Waals surface area contributed by atoms with E-state index in [0.717, 1.165) is 24.3 Å². The molecule has 2 heterocycles. The van der Waals surface area contributed by atoms with Gasteiger partial charge in [-0.15, -0.1) is 0 Å². The molecule has 0 bridgehead atoms. The first kappa shape index (κ1) is 30.7. The van der Waals surface area contributed by atoms with Crippen LogP contribution in [0.4, 0.5) is 26.3 Å². The first-order chi connectivity index (χ1) is 18.5. The van der Waals surface area contributed by atoms with Gasteiger partial charge in [-0.1, -0.05) is 24.3 Å². The molecular weight excluding hydrogens is 546 g/mol. The van der Waals surface area contributed by atoms with E-state index in [9.17, 15) is 51.9 Å². The fraction of sp³-hybridized carbons (Fsp3) is 0.556. The average Bonchev–Trinajstić information content (AvgIpc) is 2.88. The fourth-order valence-corrected chi connectivity index (χ4v) is 5.55. The summed E-state index contributed by atoms with van der Waals surface area (Å²) in [6.07, 6.45) is -13.2. The molecule has 5 N–H and O–H groups in total. The van der Waals surface area contributed by atoms with Crippen LogP contribution < -0.4 is 0 Å². The topological polar surface area (TPSA) is 108 Å². The van der Waals surface area contributed by atoms with Gasteiger partial charge in [-0.3, -0.25) is 9.80 Å². The van der Waals surface area contributed by atoms with Crippen molar-refractivity contribution in [3.63, 3.8) is 0 Å². The molecule has 222 valence electrons. The number of aliphatic hydroxyl groups is 5. The van der Waals surface area contributed by atoms with Crippen LogP contribution in [0.3, 0.4) is 0 Å². The summed E-state index contributed by atoms with van der Waals surface area (Å²) in [5.74, 6) is 0. The Morgan fingerprint density at radius 2 is 1.10 bits per heavy atom. The highest BCUT2D eigenvalue weighted by atomic mass is 19.4. The first-order valence-corrected chi connectivity index (χ1v) is 12.8. The van der Waals surface area contributed by atoms with Crippen LogP contribution in [0.25, 0.3) is 0 Å². The van der Waals surface area contributed by atoms with Gasteiger partial charge in [0.25, 0.3) is 0 Å². The van der Waals surface area contributed by atoms with E-state index < -0.39 is 53.0 Å². The van der Waals surface area contributed by atoms with E-state index in [1.54, 1.807) is 9.80 Å². The molecule has 0 aromatic heterocycles. The van der Waals surface area contributed by atoms with E-state index in [1.807, 2.05) is 0 Å². The maximum Gasteiger partial charge on any atom is 0.416 e. The molecule has 2 aromatic carbocycles. The summed E-state index contributed by atoms with van der Waals surface area (Å²) in [7, 11) is 0. The number of piperidine rings is 2. The van der Waals surface area contributed by atoms with Gasteiger partial charge in [0.1, 0.15) is 11.2 Å². The largest absolute Gasteiger partial charge is 0.416 e. The van der Waals surface area contributed by atoms with Crippen molar-refractivity contribution in [3.05, 3.63) is 70.8 Å². The van der Waals surface area contributed by atoms with Crippen LogP contribution in [-0.4, -0.2) is 92.9 Å². The van der Waals surface area contributed by atoms with E-state index in [0.29, 0.717) is 0 Å². The summed E-state index contributed by atoms with van der Waals surface area (Å²) in [6, 6.07) is 8.37. The van der Waals surface area contributed by atoms with Gasteiger partial charge in [0, 0.05) is 39.3 Å². The molecule has 2 aliphatic rings. The number of aliphatic hydroxyl groups excluding tert-OH is 3. The molecule has 4 atom stereocenters. The molecule has 4 rings (SSSR count). The van der Waals surface area contributed by atoms with Crippen LogP contribution in [0.2, 0.25) is 0 Å². The lowest BCUT2D eigenvalue weighted by Crippen LogP contribution is -2.57. The lowest BCUT2D eigenvalue weighted by Gasteiger charge is -2.44. The first-order valence-electron chi connectivity index (χ1n) is 12.8. The Bertz CT molecular complexity index is 1090. The standard InChI is InChI=1S/C27H32F6N2O5/c28-26(29,30)19-5-1-3-17(11-19)24(39)7-9-34(15-22(24)37)13-21(36)14-35-10-8-25(40,23(38)16-35)18-4-2-6-20(12-18)27(31,32)33/h1-6,11-12,21-23,36-40H,7-10,13-16H2. The second-order valence-electron chi connectivity index (χ2n) is 10.7. The quantitative estimate of drug-likeness (QED) is 0.335. The SMILES string of the molecule is OC(CN1CCC(O)(c2cccc(C(F)(F)F)c2)C(O)C1)CN1CCC(O)(c2cccc(C(F)(F)F)c2)C(O)C1. The van der Waals surface area contributed by atoms with Crippen molar-refractivity contribution in [1.29, 1.82) is 0 Å². The molecule has 7 nitrogen and oxygen atoms in total. The maximum absolute atomic E-state index is 13.1. The lowest BCUT2D eigenvalue weighted by atomic mass is 9.81. The number of hydrogen-bond donors (Lipinski definition) is 5. The maximum atomic E-state index is 13.1. The summed E-state index contributed by atoms with van der Waals surface area (Å²) in [6.45, 7) is 0.251. The van der Waals surface area contributed by atoms with Crippen LogP contribution in [-0.2, 0) is 23.6 Å². The van der Waals surface area contributed by atoms with Gasteiger partial charge in [0.15, 0.2) is 0 Å². The molecule has 2 aliphatic heterocycles. The minimum absolute atomic E-state index is 0.0504. The molecule has 4 unspecified atom stereocenters. The van der Waals surface area contributed by atoms with Gasteiger partial charge in [0.2, 0.25) is 0 Å². The lowest BCUT2D eigenvalue weighted by molar-refractivity contribution is -0.141. The molecule has 2 aromatic rings. The molecule has 0 radical (unpaired) electrons. The van der Waals surface area contributed by atoms with Crippen LogP contribution >= 0.6 is 0 Å². The Hall–Kier alpha value is -2.26. The number of β-amino-alcohol motifs (C(OH)–C–C–N with tert-alkyl or cyclic N) is 3. The Balaban J connectivity index is 1.32. The third kappa shape index (κ3) is 6.46. The third-order valence-electron chi connectivity index (χ3n) is 7.90. The smallest absolute Gasteiger partial charge is 0.390 e. The second kappa shape index (κ2) is 11.2. The number of alkyl halides is 6. The Morgan fingerprint density at radius 3 is 1.43 bits per heavy atom. The number of nitrogens with zero attached hydrogens (tertiary/aromatic N) is 2. The Kier molecular flexibility index (Phi) is 8.59. The van der Waals surface area contributed by atoms with E-state index in [4.69, 9.17) is 0 Å². The number of rotatable bonds is 6. The molecule has 0 spiro atoms. The number of hydrogen-bond acceptors (Lipinski definition) is 7. The van der Waals surface area contributed by atoms with E-state index in [-0.39, 0.29) is 63.2 Å². The van der Waals surface area contributed by atoms with Crippen molar-refractivity contribution in [1.82, 2.24) is 9.80 Å². The van der Waals surface area contributed by atoms with Crippen LogP contribution in [0.15, 0.2) is 48.5 Å². The van der Waals surface area contributed by atoms with Gasteiger partial charge in [-0.25, -0.2) is 0 Å². The van der Waals surface area contributed by atoms with E-state index in [2.05, 4.69) is 0 Å². The van der Waals surface area contributed by atoms with Crippen LogP contribution in [0.5, 0.6) is 0 Å². The van der Waals surface area contributed by atoms with Crippen molar-refractivity contribution >= 4 is 0 Å². The third-order valence-corrected chi connectivity index (χ3v) is 7.90. The van der Waals surface area contributed by atoms with Gasteiger partial charge in [-0.2, -0.15) is 26.3 Å². The number of likely N-dealkylation sites (tertiary alicyclic amines) is 2. The molecule has 0 amide bonds. The number of halogens is 6. The predicted molar refractivity (Wildman–Crippen MR) is 131 cm³/mol. The zero-order chi connectivity index (χ0) is 29.5. The van der Waals surface area contributed by atoms with Crippen molar-refractivity contribution in [2.24, 2.45) is 0 Å². The highest BCUT2D eigenvalue weighted by Gasteiger charge is 2.45. The molecule has 13 heteroatoms. The minimum atomic E-state index is -4.60. The number of benzene rings is 2. The molecule has 2 saturated heterocycles. The Labute approximate surface area is 226 Å². The van der Waals surface area contributed by atoms with Crippen molar-refractivity contribution in [2.75, 3.05) is 39.3 Å². The highest BCUT2D eigenvalue weighted by molar-refractivity contribution is 5.32. The van der Waals surface area contributed by atoms with Crippen molar-refractivity contribution < 1.29 is 51.9 Å². The minimum Gasteiger partial charge on any atom is -0.390 e.